The van der Waals surface area contributed by atoms with Gasteiger partial charge in [0.05, 0.1) is 0 Å². The van der Waals surface area contributed by atoms with Crippen LogP contribution in [0, 0.1) is 0 Å². The molecule has 0 saturated carbocycles. The fraction of sp³-hybridized carbons (Fsp3) is 0.727. The van der Waals surface area contributed by atoms with Gasteiger partial charge in [0.1, 0.15) is 6.04 Å². The van der Waals surface area contributed by atoms with E-state index in [9.17, 15) is 18.6 Å². The summed E-state index contributed by atoms with van der Waals surface area (Å²) in [6.45, 7) is 0.298. The summed E-state index contributed by atoms with van der Waals surface area (Å²) < 4.78 is 10.8. The molecule has 0 radical (unpaired) electrons. The number of carbonyl (C=O) groups is 3. The van der Waals surface area contributed by atoms with Crippen LogP contribution in [0.3, 0.4) is 0 Å². The van der Waals surface area contributed by atoms with E-state index in [0.717, 1.165) is 0 Å². The van der Waals surface area contributed by atoms with E-state index in [1.807, 2.05) is 0 Å². The standard InChI is InChI=1S/C11H20N2O6S/c1-20(19)7-3-6-12-11(18)13-8(10(16)17)4-2-5-9(14)15/h8H,2-7H2,1H3,(H,14,15)(H,16,17)(H2,12,13,18)/t8-,20?/m1/s1. The van der Waals surface area contributed by atoms with Gasteiger partial charge >= 0.3 is 18.0 Å². The highest BCUT2D eigenvalue weighted by Crippen LogP contribution is 2.01. The first-order chi connectivity index (χ1) is 9.32. The monoisotopic (exact) mass is 308 g/mol. The van der Waals surface area contributed by atoms with Gasteiger partial charge in [-0.1, -0.05) is 0 Å². The first-order valence-electron chi connectivity index (χ1n) is 6.12. The van der Waals surface area contributed by atoms with Gasteiger partial charge in [-0.3, -0.25) is 9.00 Å². The maximum absolute atomic E-state index is 11.4. The van der Waals surface area contributed by atoms with E-state index >= 15 is 0 Å². The molecule has 2 atom stereocenters. The van der Waals surface area contributed by atoms with Gasteiger partial charge in [0.2, 0.25) is 0 Å². The average molecular weight is 308 g/mol. The van der Waals surface area contributed by atoms with Crippen molar-refractivity contribution < 1.29 is 28.8 Å². The molecule has 0 spiro atoms. The van der Waals surface area contributed by atoms with Gasteiger partial charge < -0.3 is 20.8 Å². The van der Waals surface area contributed by atoms with E-state index in [0.29, 0.717) is 18.7 Å². The largest absolute Gasteiger partial charge is 0.481 e. The van der Waals surface area contributed by atoms with Crippen molar-refractivity contribution in [3.05, 3.63) is 0 Å². The molecule has 0 saturated heterocycles. The van der Waals surface area contributed by atoms with Crippen LogP contribution < -0.4 is 10.6 Å². The Morgan fingerprint density at radius 3 is 2.35 bits per heavy atom. The Hall–Kier alpha value is -1.64. The van der Waals surface area contributed by atoms with Crippen LogP contribution in [-0.4, -0.2) is 57.0 Å². The number of carboxylic acid groups (broad SMARTS) is 2. The minimum Gasteiger partial charge on any atom is -0.481 e. The Morgan fingerprint density at radius 2 is 1.85 bits per heavy atom. The van der Waals surface area contributed by atoms with Crippen LogP contribution in [0.5, 0.6) is 0 Å². The fourth-order valence-electron chi connectivity index (χ4n) is 1.40. The van der Waals surface area contributed by atoms with Gasteiger partial charge in [-0.15, -0.1) is 0 Å². The van der Waals surface area contributed by atoms with E-state index in [-0.39, 0.29) is 19.3 Å². The predicted molar refractivity (Wildman–Crippen MR) is 73.0 cm³/mol. The molecule has 9 heteroatoms. The lowest BCUT2D eigenvalue weighted by atomic mass is 10.1. The zero-order chi connectivity index (χ0) is 15.5. The highest BCUT2D eigenvalue weighted by Gasteiger charge is 2.19. The third kappa shape index (κ3) is 10.3. The van der Waals surface area contributed by atoms with Crippen molar-refractivity contribution in [2.75, 3.05) is 18.6 Å². The van der Waals surface area contributed by atoms with Crippen LogP contribution in [0.15, 0.2) is 0 Å². The number of hydrogen-bond acceptors (Lipinski definition) is 4. The van der Waals surface area contributed by atoms with E-state index in [1.165, 1.54) is 0 Å². The Kier molecular flexibility index (Phi) is 9.35. The topological polar surface area (TPSA) is 133 Å². The van der Waals surface area contributed by atoms with Crippen molar-refractivity contribution in [2.24, 2.45) is 0 Å². The third-order valence-corrected chi connectivity index (χ3v) is 3.24. The van der Waals surface area contributed by atoms with Crippen LogP contribution in [0.4, 0.5) is 4.79 Å². The molecule has 0 aromatic heterocycles. The summed E-state index contributed by atoms with van der Waals surface area (Å²) in [6.07, 6.45) is 2.17. The van der Waals surface area contributed by atoms with Gasteiger partial charge in [0.15, 0.2) is 0 Å². The van der Waals surface area contributed by atoms with Crippen molar-refractivity contribution in [3.8, 4) is 0 Å². The summed E-state index contributed by atoms with van der Waals surface area (Å²) in [6, 6.07) is -1.75. The predicted octanol–water partition coefficient (Wildman–Crippen LogP) is -0.238. The van der Waals surface area contributed by atoms with E-state index < -0.39 is 34.8 Å². The number of nitrogens with one attached hydrogen (secondary N) is 2. The van der Waals surface area contributed by atoms with Gasteiger partial charge in [0, 0.05) is 35.8 Å². The van der Waals surface area contributed by atoms with Crippen LogP contribution >= 0.6 is 0 Å². The first-order valence-corrected chi connectivity index (χ1v) is 7.84. The molecule has 0 rings (SSSR count). The molecule has 0 fully saturated rings. The average Bonchev–Trinajstić information content (AvgIpc) is 2.32. The SMILES string of the molecule is CS(=O)CCCNC(=O)N[C@H](CCCC(=O)O)C(=O)O. The lowest BCUT2D eigenvalue weighted by Crippen LogP contribution is -2.46. The molecule has 2 amide bonds. The lowest BCUT2D eigenvalue weighted by Gasteiger charge is -2.14. The number of carbonyl (C=O) groups excluding carboxylic acids is 1. The molecule has 0 aliphatic rings. The van der Waals surface area contributed by atoms with Gasteiger partial charge in [-0.2, -0.15) is 0 Å². The molecule has 4 N–H and O–H groups in total. The van der Waals surface area contributed by atoms with Crippen LogP contribution in [0.2, 0.25) is 0 Å². The van der Waals surface area contributed by atoms with Crippen molar-refractivity contribution in [1.29, 1.82) is 0 Å². The summed E-state index contributed by atoms with van der Waals surface area (Å²) in [7, 11) is -0.929. The smallest absolute Gasteiger partial charge is 0.326 e. The van der Waals surface area contributed by atoms with Crippen LogP contribution in [0.25, 0.3) is 0 Å². The van der Waals surface area contributed by atoms with Crippen molar-refractivity contribution >= 4 is 28.8 Å². The Bertz CT molecular complexity index is 374. The number of amides is 2. The number of rotatable bonds is 10. The Morgan fingerprint density at radius 1 is 1.20 bits per heavy atom. The molecule has 116 valence electrons. The van der Waals surface area contributed by atoms with Crippen molar-refractivity contribution in [3.63, 3.8) is 0 Å². The second-order valence-electron chi connectivity index (χ2n) is 4.21. The quantitative estimate of drug-likeness (QED) is 0.412. The second kappa shape index (κ2) is 10.2. The molecular weight excluding hydrogens is 288 g/mol. The molecule has 0 aliphatic heterocycles. The zero-order valence-electron chi connectivity index (χ0n) is 11.3. The number of urea groups is 1. The highest BCUT2D eigenvalue weighted by molar-refractivity contribution is 7.84. The molecule has 0 aliphatic carbocycles. The Balaban J connectivity index is 3.98. The van der Waals surface area contributed by atoms with E-state index in [2.05, 4.69) is 10.6 Å². The maximum atomic E-state index is 11.4. The van der Waals surface area contributed by atoms with Gasteiger partial charge in [0.25, 0.3) is 0 Å². The zero-order valence-corrected chi connectivity index (χ0v) is 12.1. The normalized spacial score (nSPS) is 13.2. The van der Waals surface area contributed by atoms with Gasteiger partial charge in [-0.05, 0) is 19.3 Å². The maximum Gasteiger partial charge on any atom is 0.326 e. The number of aliphatic carboxylic acids is 2. The first kappa shape index (κ1) is 18.4. The van der Waals surface area contributed by atoms with Gasteiger partial charge in [-0.25, -0.2) is 9.59 Å². The fourth-order valence-corrected chi connectivity index (χ4v) is 1.95. The number of carboxylic acids is 2. The molecule has 1 unspecified atom stereocenters. The molecule has 0 aromatic rings. The number of hydrogen-bond donors (Lipinski definition) is 4. The van der Waals surface area contributed by atoms with Crippen molar-refractivity contribution in [2.45, 2.75) is 31.7 Å². The minimum absolute atomic E-state index is 0.0496. The van der Waals surface area contributed by atoms with Crippen LogP contribution in [0.1, 0.15) is 25.7 Å². The minimum atomic E-state index is -1.21. The van der Waals surface area contributed by atoms with E-state index in [4.69, 9.17) is 10.2 Å². The van der Waals surface area contributed by atoms with E-state index in [1.54, 1.807) is 6.26 Å². The summed E-state index contributed by atoms with van der Waals surface area (Å²) in [5.74, 6) is -1.76. The summed E-state index contributed by atoms with van der Waals surface area (Å²) in [5, 5.41) is 22.1. The Labute approximate surface area is 119 Å². The van der Waals surface area contributed by atoms with Crippen molar-refractivity contribution in [1.82, 2.24) is 10.6 Å². The summed E-state index contributed by atoms with van der Waals surface area (Å²) in [4.78, 5) is 32.7. The summed E-state index contributed by atoms with van der Waals surface area (Å²) in [5.41, 5.74) is 0. The molecule has 0 heterocycles. The molecule has 8 nitrogen and oxygen atoms in total. The molecule has 0 bridgehead atoms. The second-order valence-corrected chi connectivity index (χ2v) is 5.76. The molecule has 0 aromatic carbocycles. The summed E-state index contributed by atoms with van der Waals surface area (Å²) >= 11 is 0. The molecular formula is C11H20N2O6S. The highest BCUT2D eigenvalue weighted by atomic mass is 32.2. The lowest BCUT2D eigenvalue weighted by molar-refractivity contribution is -0.140. The third-order valence-electron chi connectivity index (χ3n) is 2.38. The van der Waals surface area contributed by atoms with Crippen LogP contribution in [-0.2, 0) is 20.4 Å². The molecule has 20 heavy (non-hydrogen) atoms.